The van der Waals surface area contributed by atoms with Crippen molar-refractivity contribution in [1.82, 2.24) is 10.6 Å². The molecule has 0 bridgehead atoms. The van der Waals surface area contributed by atoms with Gasteiger partial charge in [0.2, 0.25) is 5.91 Å². The number of rotatable bonds is 6. The van der Waals surface area contributed by atoms with Crippen LogP contribution in [-0.2, 0) is 9.53 Å². The summed E-state index contributed by atoms with van der Waals surface area (Å²) in [6, 6.07) is 0.422. The van der Waals surface area contributed by atoms with Gasteiger partial charge in [0.25, 0.3) is 0 Å². The summed E-state index contributed by atoms with van der Waals surface area (Å²) in [4.78, 5) is 11.7. The largest absolute Gasteiger partial charge is 0.378 e. The van der Waals surface area contributed by atoms with E-state index in [9.17, 15) is 4.79 Å². The zero-order chi connectivity index (χ0) is 12.6. The second kappa shape index (κ2) is 7.74. The third kappa shape index (κ3) is 4.94. The van der Waals surface area contributed by atoms with Crippen LogP contribution in [0.5, 0.6) is 0 Å². The van der Waals surface area contributed by atoms with E-state index in [4.69, 9.17) is 4.74 Å². The van der Waals surface area contributed by atoms with Gasteiger partial charge in [-0.25, -0.2) is 0 Å². The summed E-state index contributed by atoms with van der Waals surface area (Å²) < 4.78 is 5.54. The molecule has 1 aliphatic carbocycles. The van der Waals surface area contributed by atoms with Gasteiger partial charge in [0.15, 0.2) is 0 Å². The Hall–Kier alpha value is -0.610. The van der Waals surface area contributed by atoms with Crippen LogP contribution in [0.25, 0.3) is 0 Å². The number of ether oxygens (including phenoxy) is 1. The molecule has 4 nitrogen and oxygen atoms in total. The van der Waals surface area contributed by atoms with E-state index < -0.39 is 0 Å². The lowest BCUT2D eigenvalue weighted by atomic mass is 9.95. The van der Waals surface area contributed by atoms with Gasteiger partial charge in [-0.1, -0.05) is 19.3 Å². The topological polar surface area (TPSA) is 50.4 Å². The predicted octanol–water partition coefficient (Wildman–Crippen LogP) is 1.59. The second-order valence-electron chi connectivity index (χ2n) is 5.50. The van der Waals surface area contributed by atoms with Crippen molar-refractivity contribution in [2.24, 2.45) is 0 Å². The third-order valence-electron chi connectivity index (χ3n) is 3.92. The van der Waals surface area contributed by atoms with Crippen LogP contribution < -0.4 is 10.6 Å². The van der Waals surface area contributed by atoms with Crippen LogP contribution in [0.1, 0.15) is 51.4 Å². The van der Waals surface area contributed by atoms with Crippen LogP contribution in [0.15, 0.2) is 0 Å². The highest BCUT2D eigenvalue weighted by Gasteiger charge is 2.16. The van der Waals surface area contributed by atoms with Crippen molar-refractivity contribution in [2.45, 2.75) is 63.5 Å². The number of carbonyl (C=O) groups excluding carboxylic acids is 1. The summed E-state index contributed by atoms with van der Waals surface area (Å²) in [5.74, 6) is 0.147. The normalized spacial score (nSPS) is 25.2. The molecule has 0 radical (unpaired) electrons. The Morgan fingerprint density at radius 1 is 1.11 bits per heavy atom. The molecule has 0 aromatic rings. The number of hydrogen-bond acceptors (Lipinski definition) is 3. The van der Waals surface area contributed by atoms with Gasteiger partial charge in [-0.2, -0.15) is 0 Å². The smallest absolute Gasteiger partial charge is 0.234 e. The molecular formula is C14H26N2O2. The molecule has 0 aromatic carbocycles. The molecule has 4 heteroatoms. The van der Waals surface area contributed by atoms with Crippen molar-refractivity contribution in [3.05, 3.63) is 0 Å². The van der Waals surface area contributed by atoms with E-state index in [0.29, 0.717) is 18.7 Å². The highest BCUT2D eigenvalue weighted by atomic mass is 16.5. The summed E-state index contributed by atoms with van der Waals surface area (Å²) in [7, 11) is 0. The van der Waals surface area contributed by atoms with Gasteiger partial charge in [-0.3, -0.25) is 4.79 Å². The van der Waals surface area contributed by atoms with Crippen LogP contribution in [-0.4, -0.2) is 37.7 Å². The molecule has 0 spiro atoms. The summed E-state index contributed by atoms with van der Waals surface area (Å²) in [5, 5.41) is 6.32. The van der Waals surface area contributed by atoms with Crippen LogP contribution in [0.2, 0.25) is 0 Å². The first-order valence-electron chi connectivity index (χ1n) is 7.46. The van der Waals surface area contributed by atoms with Crippen LogP contribution >= 0.6 is 0 Å². The number of nitrogens with one attached hydrogen (secondary N) is 2. The molecule has 1 unspecified atom stereocenters. The van der Waals surface area contributed by atoms with Gasteiger partial charge in [0.1, 0.15) is 0 Å². The first-order chi connectivity index (χ1) is 8.84. The highest BCUT2D eigenvalue weighted by molar-refractivity contribution is 5.78. The van der Waals surface area contributed by atoms with Crippen molar-refractivity contribution in [3.8, 4) is 0 Å². The molecule has 2 fully saturated rings. The molecule has 1 saturated carbocycles. The van der Waals surface area contributed by atoms with Crippen molar-refractivity contribution < 1.29 is 9.53 Å². The van der Waals surface area contributed by atoms with Crippen molar-refractivity contribution in [2.75, 3.05) is 19.7 Å². The Bertz CT molecular complexity index is 246. The second-order valence-corrected chi connectivity index (χ2v) is 5.50. The fourth-order valence-corrected chi connectivity index (χ4v) is 2.86. The Balaban J connectivity index is 1.48. The molecule has 1 aliphatic heterocycles. The number of hydrogen-bond donors (Lipinski definition) is 2. The fourth-order valence-electron chi connectivity index (χ4n) is 2.86. The summed E-state index contributed by atoms with van der Waals surface area (Å²) >= 11 is 0. The van der Waals surface area contributed by atoms with E-state index in [-0.39, 0.29) is 5.91 Å². The lowest BCUT2D eigenvalue weighted by Crippen LogP contribution is -2.41. The Kier molecular flexibility index (Phi) is 5.94. The molecule has 18 heavy (non-hydrogen) atoms. The average Bonchev–Trinajstić information content (AvgIpc) is 2.89. The van der Waals surface area contributed by atoms with E-state index >= 15 is 0 Å². The summed E-state index contributed by atoms with van der Waals surface area (Å²) in [5.41, 5.74) is 0. The van der Waals surface area contributed by atoms with E-state index in [1.807, 2.05) is 0 Å². The maximum absolute atomic E-state index is 11.7. The minimum Gasteiger partial charge on any atom is -0.378 e. The molecular weight excluding hydrogens is 228 g/mol. The van der Waals surface area contributed by atoms with Gasteiger partial charge in [0.05, 0.1) is 12.6 Å². The third-order valence-corrected chi connectivity index (χ3v) is 3.92. The minimum absolute atomic E-state index is 0.147. The monoisotopic (exact) mass is 254 g/mol. The van der Waals surface area contributed by atoms with Gasteiger partial charge in [-0.15, -0.1) is 0 Å². The zero-order valence-electron chi connectivity index (χ0n) is 11.2. The van der Waals surface area contributed by atoms with Crippen molar-refractivity contribution in [1.29, 1.82) is 0 Å². The molecule has 1 atom stereocenters. The maximum atomic E-state index is 11.7. The van der Waals surface area contributed by atoms with E-state index in [1.165, 1.54) is 32.1 Å². The highest BCUT2D eigenvalue weighted by Crippen LogP contribution is 2.17. The Morgan fingerprint density at radius 2 is 1.94 bits per heavy atom. The standard InChI is InChI=1S/C14H26N2O2/c17-14(16-12-5-2-1-3-6-12)11-15-9-8-13-7-4-10-18-13/h12-13,15H,1-11H2,(H,16,17). The average molecular weight is 254 g/mol. The minimum atomic E-state index is 0.147. The number of amides is 1. The first-order valence-corrected chi connectivity index (χ1v) is 7.46. The molecule has 2 N–H and O–H groups in total. The predicted molar refractivity (Wildman–Crippen MR) is 71.5 cm³/mol. The van der Waals surface area contributed by atoms with Crippen LogP contribution in [0, 0.1) is 0 Å². The van der Waals surface area contributed by atoms with Crippen LogP contribution in [0.4, 0.5) is 0 Å². The lowest BCUT2D eigenvalue weighted by Gasteiger charge is -2.22. The summed E-state index contributed by atoms with van der Waals surface area (Å²) in [6.07, 6.45) is 9.96. The SMILES string of the molecule is O=C(CNCCC1CCCO1)NC1CCCCC1. The molecule has 1 saturated heterocycles. The van der Waals surface area contributed by atoms with Crippen molar-refractivity contribution in [3.63, 3.8) is 0 Å². The maximum Gasteiger partial charge on any atom is 0.234 e. The van der Waals surface area contributed by atoms with E-state index in [2.05, 4.69) is 10.6 Å². The fraction of sp³-hybridized carbons (Fsp3) is 0.929. The quantitative estimate of drug-likeness (QED) is 0.708. The van der Waals surface area contributed by atoms with E-state index in [1.54, 1.807) is 0 Å². The van der Waals surface area contributed by atoms with Crippen LogP contribution in [0.3, 0.4) is 0 Å². The number of carbonyl (C=O) groups is 1. The van der Waals surface area contributed by atoms with E-state index in [0.717, 1.165) is 32.4 Å². The lowest BCUT2D eigenvalue weighted by molar-refractivity contribution is -0.121. The van der Waals surface area contributed by atoms with Gasteiger partial charge in [-0.05, 0) is 38.6 Å². The molecule has 2 aliphatic rings. The van der Waals surface area contributed by atoms with Gasteiger partial charge in [0, 0.05) is 12.6 Å². The van der Waals surface area contributed by atoms with Gasteiger partial charge >= 0.3 is 0 Å². The Morgan fingerprint density at radius 3 is 2.67 bits per heavy atom. The molecule has 1 heterocycles. The zero-order valence-corrected chi connectivity index (χ0v) is 11.2. The molecule has 104 valence electrons. The first kappa shape index (κ1) is 13.8. The van der Waals surface area contributed by atoms with Crippen molar-refractivity contribution >= 4 is 5.91 Å². The molecule has 0 aromatic heterocycles. The molecule has 2 rings (SSSR count). The Labute approximate surface area is 110 Å². The van der Waals surface area contributed by atoms with Gasteiger partial charge < -0.3 is 15.4 Å². The summed E-state index contributed by atoms with van der Waals surface area (Å²) in [6.45, 7) is 2.23. The molecule has 1 amide bonds.